The van der Waals surface area contributed by atoms with E-state index in [9.17, 15) is 4.79 Å². The standard InChI is InChI=1S/C10H15N3O2/c1-2-3-9(10(14)15)12-6-8-4-5-11-7-13-8/h4-5,7,9,12H,2-3,6H2,1H3,(H,14,15). The maximum atomic E-state index is 10.8. The number of hydrogen-bond donors (Lipinski definition) is 2. The first-order chi connectivity index (χ1) is 7.24. The second kappa shape index (κ2) is 6.08. The van der Waals surface area contributed by atoms with Gasteiger partial charge in [-0.1, -0.05) is 13.3 Å². The fourth-order valence-electron chi connectivity index (χ4n) is 1.25. The zero-order valence-corrected chi connectivity index (χ0v) is 8.68. The SMILES string of the molecule is CCCC(NCc1ccncn1)C(=O)O. The second-order valence-electron chi connectivity index (χ2n) is 3.26. The summed E-state index contributed by atoms with van der Waals surface area (Å²) in [4.78, 5) is 18.6. The van der Waals surface area contributed by atoms with Crippen LogP contribution in [0.25, 0.3) is 0 Å². The van der Waals surface area contributed by atoms with Crippen LogP contribution in [0.3, 0.4) is 0 Å². The summed E-state index contributed by atoms with van der Waals surface area (Å²) in [5.41, 5.74) is 0.798. The Balaban J connectivity index is 2.43. The van der Waals surface area contributed by atoms with Gasteiger partial charge >= 0.3 is 5.97 Å². The number of aliphatic carboxylic acids is 1. The summed E-state index contributed by atoms with van der Waals surface area (Å²) in [7, 11) is 0. The van der Waals surface area contributed by atoms with Gasteiger partial charge in [0.2, 0.25) is 0 Å². The van der Waals surface area contributed by atoms with Gasteiger partial charge in [-0.25, -0.2) is 9.97 Å². The Bertz CT molecular complexity index is 303. The number of nitrogens with one attached hydrogen (secondary N) is 1. The molecular weight excluding hydrogens is 194 g/mol. The number of carboxylic acid groups (broad SMARTS) is 1. The minimum atomic E-state index is -0.814. The lowest BCUT2D eigenvalue weighted by atomic mass is 10.1. The third-order valence-electron chi connectivity index (χ3n) is 2.05. The minimum Gasteiger partial charge on any atom is -0.480 e. The maximum Gasteiger partial charge on any atom is 0.320 e. The second-order valence-corrected chi connectivity index (χ2v) is 3.26. The van der Waals surface area contributed by atoms with Gasteiger partial charge in [0.15, 0.2) is 0 Å². The van der Waals surface area contributed by atoms with Crippen LogP contribution in [-0.4, -0.2) is 27.1 Å². The van der Waals surface area contributed by atoms with E-state index in [1.807, 2.05) is 6.92 Å². The van der Waals surface area contributed by atoms with Crippen molar-refractivity contribution >= 4 is 5.97 Å². The Morgan fingerprint density at radius 1 is 1.67 bits per heavy atom. The zero-order chi connectivity index (χ0) is 11.1. The van der Waals surface area contributed by atoms with E-state index in [0.29, 0.717) is 13.0 Å². The van der Waals surface area contributed by atoms with Crippen LogP contribution in [0, 0.1) is 0 Å². The molecule has 1 heterocycles. The molecular formula is C10H15N3O2. The van der Waals surface area contributed by atoms with Crippen molar-refractivity contribution in [3.05, 3.63) is 24.3 Å². The van der Waals surface area contributed by atoms with E-state index in [1.165, 1.54) is 6.33 Å². The number of hydrogen-bond acceptors (Lipinski definition) is 4. The number of nitrogens with zero attached hydrogens (tertiary/aromatic N) is 2. The molecule has 1 rings (SSSR count). The highest BCUT2D eigenvalue weighted by molar-refractivity contribution is 5.73. The molecule has 0 aliphatic heterocycles. The molecule has 5 heteroatoms. The van der Waals surface area contributed by atoms with Crippen molar-refractivity contribution in [2.45, 2.75) is 32.4 Å². The first kappa shape index (κ1) is 11.6. The van der Waals surface area contributed by atoms with E-state index < -0.39 is 12.0 Å². The summed E-state index contributed by atoms with van der Waals surface area (Å²) >= 11 is 0. The van der Waals surface area contributed by atoms with Crippen LogP contribution in [0.5, 0.6) is 0 Å². The Hall–Kier alpha value is -1.49. The number of carboxylic acids is 1. The lowest BCUT2D eigenvalue weighted by molar-refractivity contribution is -0.139. The van der Waals surface area contributed by atoms with E-state index in [4.69, 9.17) is 5.11 Å². The largest absolute Gasteiger partial charge is 0.480 e. The highest BCUT2D eigenvalue weighted by atomic mass is 16.4. The van der Waals surface area contributed by atoms with Gasteiger partial charge in [0.25, 0.3) is 0 Å². The van der Waals surface area contributed by atoms with Crippen LogP contribution in [0.4, 0.5) is 0 Å². The number of rotatable bonds is 6. The van der Waals surface area contributed by atoms with Crippen molar-refractivity contribution < 1.29 is 9.90 Å². The van der Waals surface area contributed by atoms with E-state index in [2.05, 4.69) is 15.3 Å². The van der Waals surface area contributed by atoms with Crippen LogP contribution in [-0.2, 0) is 11.3 Å². The van der Waals surface area contributed by atoms with Gasteiger partial charge in [-0.15, -0.1) is 0 Å². The van der Waals surface area contributed by atoms with Crippen molar-refractivity contribution in [2.75, 3.05) is 0 Å². The molecule has 0 aliphatic carbocycles. The first-order valence-corrected chi connectivity index (χ1v) is 4.95. The molecule has 15 heavy (non-hydrogen) atoms. The van der Waals surface area contributed by atoms with Gasteiger partial charge in [-0.2, -0.15) is 0 Å². The zero-order valence-electron chi connectivity index (χ0n) is 8.68. The molecule has 0 saturated carbocycles. The Labute approximate surface area is 88.6 Å². The van der Waals surface area contributed by atoms with Crippen LogP contribution in [0.2, 0.25) is 0 Å². The highest BCUT2D eigenvalue weighted by Crippen LogP contribution is 1.99. The summed E-state index contributed by atoms with van der Waals surface area (Å²) in [5, 5.41) is 11.8. The summed E-state index contributed by atoms with van der Waals surface area (Å²) < 4.78 is 0. The van der Waals surface area contributed by atoms with Crippen LogP contribution in [0.1, 0.15) is 25.5 Å². The predicted octanol–water partition coefficient (Wildman–Crippen LogP) is 0.819. The molecule has 0 aromatic carbocycles. The third-order valence-corrected chi connectivity index (χ3v) is 2.05. The minimum absolute atomic E-state index is 0.458. The van der Waals surface area contributed by atoms with Gasteiger partial charge in [0, 0.05) is 12.7 Å². The van der Waals surface area contributed by atoms with Gasteiger partial charge in [0.05, 0.1) is 5.69 Å². The summed E-state index contributed by atoms with van der Waals surface area (Å²) in [6.07, 6.45) is 4.56. The monoisotopic (exact) mass is 209 g/mol. The predicted molar refractivity (Wildman–Crippen MR) is 55.2 cm³/mol. The highest BCUT2D eigenvalue weighted by Gasteiger charge is 2.14. The van der Waals surface area contributed by atoms with Crippen molar-refractivity contribution in [1.29, 1.82) is 0 Å². The van der Waals surface area contributed by atoms with E-state index in [1.54, 1.807) is 12.3 Å². The topological polar surface area (TPSA) is 75.1 Å². The number of carbonyl (C=O) groups is 1. The van der Waals surface area contributed by atoms with Gasteiger partial charge in [-0.05, 0) is 12.5 Å². The fraction of sp³-hybridized carbons (Fsp3) is 0.500. The molecule has 0 radical (unpaired) electrons. The Morgan fingerprint density at radius 2 is 2.47 bits per heavy atom. The van der Waals surface area contributed by atoms with Gasteiger partial charge in [0.1, 0.15) is 12.4 Å². The smallest absolute Gasteiger partial charge is 0.320 e. The van der Waals surface area contributed by atoms with Crippen molar-refractivity contribution in [1.82, 2.24) is 15.3 Å². The molecule has 5 nitrogen and oxygen atoms in total. The molecule has 2 N–H and O–H groups in total. The van der Waals surface area contributed by atoms with E-state index >= 15 is 0 Å². The molecule has 0 bridgehead atoms. The third kappa shape index (κ3) is 4.03. The molecule has 0 amide bonds. The molecule has 0 aliphatic rings. The summed E-state index contributed by atoms with van der Waals surface area (Å²) in [6, 6.07) is 1.27. The quantitative estimate of drug-likeness (QED) is 0.725. The van der Waals surface area contributed by atoms with Crippen molar-refractivity contribution in [2.24, 2.45) is 0 Å². The average molecular weight is 209 g/mol. The number of aromatic nitrogens is 2. The molecule has 1 atom stereocenters. The van der Waals surface area contributed by atoms with E-state index in [0.717, 1.165) is 12.1 Å². The summed E-state index contributed by atoms with van der Waals surface area (Å²) in [5.74, 6) is -0.814. The molecule has 0 fully saturated rings. The van der Waals surface area contributed by atoms with Crippen LogP contribution < -0.4 is 5.32 Å². The van der Waals surface area contributed by atoms with Crippen LogP contribution in [0.15, 0.2) is 18.6 Å². The molecule has 82 valence electrons. The summed E-state index contributed by atoms with van der Waals surface area (Å²) in [6.45, 7) is 2.42. The van der Waals surface area contributed by atoms with E-state index in [-0.39, 0.29) is 0 Å². The Kier molecular flexibility index (Phi) is 4.70. The normalized spacial score (nSPS) is 12.3. The Morgan fingerprint density at radius 3 is 3.00 bits per heavy atom. The van der Waals surface area contributed by atoms with Crippen molar-refractivity contribution in [3.63, 3.8) is 0 Å². The van der Waals surface area contributed by atoms with Gasteiger partial charge in [-0.3, -0.25) is 10.1 Å². The lowest BCUT2D eigenvalue weighted by Gasteiger charge is -2.12. The fourth-order valence-corrected chi connectivity index (χ4v) is 1.25. The molecule has 1 aromatic rings. The average Bonchev–Trinajstić information content (AvgIpc) is 2.25. The van der Waals surface area contributed by atoms with Gasteiger partial charge < -0.3 is 5.11 Å². The molecule has 0 spiro atoms. The molecule has 1 aromatic heterocycles. The molecule has 1 unspecified atom stereocenters. The first-order valence-electron chi connectivity index (χ1n) is 4.95. The maximum absolute atomic E-state index is 10.8. The van der Waals surface area contributed by atoms with Crippen molar-refractivity contribution in [3.8, 4) is 0 Å². The lowest BCUT2D eigenvalue weighted by Crippen LogP contribution is -2.36. The van der Waals surface area contributed by atoms with Crippen LogP contribution >= 0.6 is 0 Å². The molecule has 0 saturated heterocycles.